The first-order chi connectivity index (χ1) is 12.9. The molecule has 1 aromatic heterocycles. The lowest BCUT2D eigenvalue weighted by atomic mass is 10.1. The number of likely N-dealkylation sites (tertiary alicyclic amines) is 1. The second kappa shape index (κ2) is 7.67. The first kappa shape index (κ1) is 18.7. The summed E-state index contributed by atoms with van der Waals surface area (Å²) in [4.78, 5) is 28.9. The number of hydrogen-bond acceptors (Lipinski definition) is 7. The van der Waals surface area contributed by atoms with Crippen molar-refractivity contribution >= 4 is 23.2 Å². The van der Waals surface area contributed by atoms with Crippen LogP contribution in [-0.4, -0.2) is 54.1 Å². The van der Waals surface area contributed by atoms with Crippen LogP contribution in [0.2, 0.25) is 5.02 Å². The fraction of sp³-hybridized carbons (Fsp3) is 0.294. The van der Waals surface area contributed by atoms with Gasteiger partial charge in [0.05, 0.1) is 38.3 Å². The van der Waals surface area contributed by atoms with E-state index in [9.17, 15) is 14.9 Å². The Labute approximate surface area is 159 Å². The lowest BCUT2D eigenvalue weighted by molar-refractivity contribution is -0.385. The van der Waals surface area contributed by atoms with Crippen LogP contribution in [0, 0.1) is 10.1 Å². The Morgan fingerprint density at radius 2 is 1.96 bits per heavy atom. The van der Waals surface area contributed by atoms with Gasteiger partial charge in [0.2, 0.25) is 5.88 Å². The average molecular weight is 394 g/mol. The van der Waals surface area contributed by atoms with E-state index >= 15 is 0 Å². The highest BCUT2D eigenvalue weighted by Gasteiger charge is 2.37. The van der Waals surface area contributed by atoms with Gasteiger partial charge < -0.3 is 19.1 Å². The summed E-state index contributed by atoms with van der Waals surface area (Å²) in [7, 11) is 2.76. The molecule has 0 atom stereocenters. The first-order valence-corrected chi connectivity index (χ1v) is 8.29. The lowest BCUT2D eigenvalue weighted by Crippen LogP contribution is -2.56. The van der Waals surface area contributed by atoms with E-state index in [-0.39, 0.29) is 47.8 Å². The molecule has 9 nitrogen and oxygen atoms in total. The number of hydrogen-bond donors (Lipinski definition) is 0. The predicted octanol–water partition coefficient (Wildman–Crippen LogP) is 2.56. The van der Waals surface area contributed by atoms with Gasteiger partial charge in [0, 0.05) is 12.3 Å². The minimum atomic E-state index is -0.628. The minimum Gasteiger partial charge on any atom is -0.493 e. The van der Waals surface area contributed by atoms with Gasteiger partial charge >= 0.3 is 0 Å². The number of nitro benzene ring substituents is 1. The van der Waals surface area contributed by atoms with Gasteiger partial charge in [-0.25, -0.2) is 4.98 Å². The molecule has 1 amide bonds. The van der Waals surface area contributed by atoms with Gasteiger partial charge in [-0.3, -0.25) is 14.9 Å². The number of carbonyl (C=O) groups is 1. The van der Waals surface area contributed by atoms with Gasteiger partial charge in [-0.2, -0.15) is 0 Å². The summed E-state index contributed by atoms with van der Waals surface area (Å²) >= 11 is 5.99. The number of rotatable bonds is 6. The number of methoxy groups -OCH3 is 2. The van der Waals surface area contributed by atoms with Gasteiger partial charge in [0.1, 0.15) is 16.7 Å². The summed E-state index contributed by atoms with van der Waals surface area (Å²) in [6.07, 6.45) is 1.26. The molecule has 27 heavy (non-hydrogen) atoms. The van der Waals surface area contributed by atoms with E-state index in [1.807, 2.05) is 0 Å². The van der Waals surface area contributed by atoms with Crippen molar-refractivity contribution in [1.29, 1.82) is 0 Å². The summed E-state index contributed by atoms with van der Waals surface area (Å²) in [6.45, 7) is 0.522. The Balaban J connectivity index is 1.75. The van der Waals surface area contributed by atoms with Crippen molar-refractivity contribution in [3.8, 4) is 17.4 Å². The van der Waals surface area contributed by atoms with Crippen molar-refractivity contribution in [2.24, 2.45) is 0 Å². The van der Waals surface area contributed by atoms with Crippen LogP contribution < -0.4 is 14.2 Å². The summed E-state index contributed by atoms with van der Waals surface area (Å²) < 4.78 is 15.8. The quantitative estimate of drug-likeness (QED) is 0.548. The molecule has 0 aliphatic carbocycles. The second-order valence-electron chi connectivity index (χ2n) is 5.72. The average Bonchev–Trinajstić information content (AvgIpc) is 2.63. The molecule has 2 heterocycles. The number of ether oxygens (including phenoxy) is 3. The monoisotopic (exact) mass is 393 g/mol. The van der Waals surface area contributed by atoms with E-state index in [2.05, 4.69) is 4.98 Å². The smallest absolute Gasteiger partial charge is 0.286 e. The van der Waals surface area contributed by atoms with Gasteiger partial charge in [0.25, 0.3) is 11.6 Å². The number of aromatic nitrogens is 1. The van der Waals surface area contributed by atoms with Crippen molar-refractivity contribution in [2.75, 3.05) is 27.3 Å². The van der Waals surface area contributed by atoms with Crippen molar-refractivity contribution in [3.05, 3.63) is 51.2 Å². The van der Waals surface area contributed by atoms with Gasteiger partial charge in [-0.1, -0.05) is 11.6 Å². The Kier molecular flexibility index (Phi) is 5.31. The molecular weight excluding hydrogens is 378 g/mol. The molecule has 0 N–H and O–H groups in total. The van der Waals surface area contributed by atoms with E-state index in [0.29, 0.717) is 5.02 Å². The fourth-order valence-corrected chi connectivity index (χ4v) is 2.82. The third-order valence-corrected chi connectivity index (χ3v) is 4.35. The van der Waals surface area contributed by atoms with E-state index in [1.165, 1.54) is 31.3 Å². The highest BCUT2D eigenvalue weighted by atomic mass is 35.5. The molecule has 0 radical (unpaired) electrons. The highest BCUT2D eigenvalue weighted by Crippen LogP contribution is 2.36. The van der Waals surface area contributed by atoms with E-state index in [0.717, 1.165) is 0 Å². The highest BCUT2D eigenvalue weighted by molar-refractivity contribution is 6.31. The number of nitrogens with zero attached hydrogens (tertiary/aromatic N) is 3. The Morgan fingerprint density at radius 3 is 2.56 bits per heavy atom. The Bertz CT molecular complexity index is 885. The summed E-state index contributed by atoms with van der Waals surface area (Å²) in [5, 5.41) is 11.7. The number of benzene rings is 1. The standard InChI is InChI=1S/C17H16ClN3O6/c1-25-14-6-11(13(21(23)24)7-15(14)26-2)17(22)20-8-10(9-20)27-16-12(18)4-3-5-19-16/h3-7,10H,8-9H2,1-2H3. The van der Waals surface area contributed by atoms with E-state index in [1.54, 1.807) is 18.3 Å². The zero-order valence-electron chi connectivity index (χ0n) is 14.5. The molecule has 1 fully saturated rings. The molecule has 0 unspecified atom stereocenters. The molecule has 142 valence electrons. The number of pyridine rings is 1. The van der Waals surface area contributed by atoms with Crippen molar-refractivity contribution in [3.63, 3.8) is 0 Å². The second-order valence-corrected chi connectivity index (χ2v) is 6.13. The number of carbonyl (C=O) groups excluding carboxylic acids is 1. The van der Waals surface area contributed by atoms with E-state index in [4.69, 9.17) is 25.8 Å². The van der Waals surface area contributed by atoms with Gasteiger partial charge in [0.15, 0.2) is 11.5 Å². The van der Waals surface area contributed by atoms with Crippen LogP contribution in [-0.2, 0) is 0 Å². The fourth-order valence-electron chi connectivity index (χ4n) is 2.66. The predicted molar refractivity (Wildman–Crippen MR) is 95.8 cm³/mol. The lowest BCUT2D eigenvalue weighted by Gasteiger charge is -2.38. The maximum Gasteiger partial charge on any atom is 0.286 e. The largest absolute Gasteiger partial charge is 0.493 e. The van der Waals surface area contributed by atoms with Crippen LogP contribution >= 0.6 is 11.6 Å². The number of nitro groups is 1. The first-order valence-electron chi connectivity index (χ1n) is 7.91. The molecule has 2 aromatic rings. The normalized spacial score (nSPS) is 13.7. The van der Waals surface area contributed by atoms with Crippen LogP contribution in [0.4, 0.5) is 5.69 Å². The third kappa shape index (κ3) is 3.72. The van der Waals surface area contributed by atoms with Crippen LogP contribution in [0.5, 0.6) is 17.4 Å². The molecule has 1 aromatic carbocycles. The SMILES string of the molecule is COc1cc(C(=O)N2CC(Oc3ncccc3Cl)C2)c([N+](=O)[O-])cc1OC. The Morgan fingerprint density at radius 1 is 1.30 bits per heavy atom. The molecule has 0 bridgehead atoms. The van der Waals surface area contributed by atoms with Crippen molar-refractivity contribution in [2.45, 2.75) is 6.10 Å². The maximum absolute atomic E-state index is 12.7. The van der Waals surface area contributed by atoms with Crippen LogP contribution in [0.25, 0.3) is 0 Å². The number of amides is 1. The summed E-state index contributed by atoms with van der Waals surface area (Å²) in [5.74, 6) is 0.207. The van der Waals surface area contributed by atoms with E-state index < -0.39 is 10.8 Å². The Hall–Kier alpha value is -3.07. The third-order valence-electron chi connectivity index (χ3n) is 4.07. The maximum atomic E-state index is 12.7. The molecule has 0 saturated carbocycles. The van der Waals surface area contributed by atoms with Gasteiger partial charge in [-0.05, 0) is 12.1 Å². The summed E-state index contributed by atoms with van der Waals surface area (Å²) in [6, 6.07) is 5.82. The molecule has 1 aliphatic heterocycles. The van der Waals surface area contributed by atoms with Crippen molar-refractivity contribution < 1.29 is 23.9 Å². The van der Waals surface area contributed by atoms with Crippen molar-refractivity contribution in [1.82, 2.24) is 9.88 Å². The molecule has 10 heteroatoms. The van der Waals surface area contributed by atoms with Crippen LogP contribution in [0.15, 0.2) is 30.5 Å². The topological polar surface area (TPSA) is 104 Å². The minimum absolute atomic E-state index is 0.0769. The van der Waals surface area contributed by atoms with Gasteiger partial charge in [-0.15, -0.1) is 0 Å². The number of halogens is 1. The molecule has 1 aliphatic rings. The molecule has 3 rings (SSSR count). The zero-order chi connectivity index (χ0) is 19.6. The molecular formula is C17H16ClN3O6. The van der Waals surface area contributed by atoms with Crippen LogP contribution in [0.1, 0.15) is 10.4 Å². The summed E-state index contributed by atoms with van der Waals surface area (Å²) in [5.41, 5.74) is -0.429. The molecule has 1 saturated heterocycles. The zero-order valence-corrected chi connectivity index (χ0v) is 15.3. The van der Waals surface area contributed by atoms with Crippen LogP contribution in [0.3, 0.4) is 0 Å². The molecule has 0 spiro atoms.